The van der Waals surface area contributed by atoms with Crippen molar-refractivity contribution in [2.75, 3.05) is 12.4 Å². The fraction of sp³-hybridized carbons (Fsp3) is 0.400. The van der Waals surface area contributed by atoms with Crippen LogP contribution in [-0.2, 0) is 9.47 Å². The number of carbonyl (C=O) groups excluding carboxylic acids is 2. The van der Waals surface area contributed by atoms with Gasteiger partial charge in [0.2, 0.25) is 0 Å². The van der Waals surface area contributed by atoms with Gasteiger partial charge in [0, 0.05) is 18.2 Å². The van der Waals surface area contributed by atoms with Crippen molar-refractivity contribution in [2.45, 2.75) is 70.5 Å². The first-order chi connectivity index (χ1) is 20.1. The van der Waals surface area contributed by atoms with E-state index in [9.17, 15) is 27.9 Å². The molecule has 13 heteroatoms. The smallest absolute Gasteiger partial charge is 0.407 e. The highest BCUT2D eigenvalue weighted by molar-refractivity contribution is 6.03. The highest BCUT2D eigenvalue weighted by atomic mass is 19.1. The SMILES string of the molecule is COc1ccc(F)c(-c2nc(C(=O)Nc3cnccc3C3CC(NC(=O)OC(C)(C)C)C(C)(O)C(C)O3)ccc2F)c1F. The number of halogens is 3. The van der Waals surface area contributed by atoms with E-state index in [1.807, 2.05) is 0 Å². The van der Waals surface area contributed by atoms with Crippen molar-refractivity contribution in [1.29, 1.82) is 0 Å². The van der Waals surface area contributed by atoms with Crippen LogP contribution in [0.25, 0.3) is 11.3 Å². The first kappa shape index (κ1) is 31.7. The quantitative estimate of drug-likeness (QED) is 0.346. The summed E-state index contributed by atoms with van der Waals surface area (Å²) in [7, 11) is 1.17. The summed E-state index contributed by atoms with van der Waals surface area (Å²) >= 11 is 0. The molecule has 4 unspecified atom stereocenters. The van der Waals surface area contributed by atoms with E-state index in [0.717, 1.165) is 24.3 Å². The van der Waals surface area contributed by atoms with Crippen LogP contribution in [0.5, 0.6) is 5.75 Å². The van der Waals surface area contributed by atoms with Crippen LogP contribution >= 0.6 is 0 Å². The zero-order valence-electron chi connectivity index (χ0n) is 24.5. The van der Waals surface area contributed by atoms with Gasteiger partial charge in [-0.1, -0.05) is 0 Å². The number of ether oxygens (including phenoxy) is 3. The van der Waals surface area contributed by atoms with Crippen molar-refractivity contribution in [3.05, 3.63) is 71.4 Å². The Hall–Kier alpha value is -4.23. The average molecular weight is 603 g/mol. The molecule has 3 heterocycles. The highest BCUT2D eigenvalue weighted by Gasteiger charge is 2.46. The van der Waals surface area contributed by atoms with Crippen LogP contribution in [0.4, 0.5) is 23.7 Å². The lowest BCUT2D eigenvalue weighted by Crippen LogP contribution is -2.61. The van der Waals surface area contributed by atoms with Gasteiger partial charge in [-0.3, -0.25) is 9.78 Å². The first-order valence-corrected chi connectivity index (χ1v) is 13.4. The third kappa shape index (κ3) is 6.89. The molecule has 0 radical (unpaired) electrons. The number of carbonyl (C=O) groups is 2. The van der Waals surface area contributed by atoms with Gasteiger partial charge in [0.05, 0.1) is 42.8 Å². The van der Waals surface area contributed by atoms with Crippen molar-refractivity contribution in [1.82, 2.24) is 15.3 Å². The number of amides is 2. The summed E-state index contributed by atoms with van der Waals surface area (Å²) in [6, 6.07) is 4.70. The number of methoxy groups -OCH3 is 1. The first-order valence-electron chi connectivity index (χ1n) is 13.4. The van der Waals surface area contributed by atoms with Crippen molar-refractivity contribution in [3.8, 4) is 17.0 Å². The predicted octanol–water partition coefficient (Wildman–Crippen LogP) is 5.32. The number of hydrogen-bond donors (Lipinski definition) is 3. The molecule has 4 rings (SSSR count). The standard InChI is InChI=1S/C30H33F3N4O6/c1-15-30(5,40)23(37-28(39)43-29(2,3)4)13-22(42-15)16-11-12-34-14-20(16)36-27(38)19-9-7-18(32)26(35-19)24-17(31)8-10-21(41-6)25(24)33/h7-12,14-15,22-23,40H,13H2,1-6H3,(H,36,38)(H,37,39). The van der Waals surface area contributed by atoms with Gasteiger partial charge in [0.1, 0.15) is 34.2 Å². The summed E-state index contributed by atoms with van der Waals surface area (Å²) in [5, 5.41) is 16.5. The summed E-state index contributed by atoms with van der Waals surface area (Å²) in [6.45, 7) is 8.34. The predicted molar refractivity (Wildman–Crippen MR) is 150 cm³/mol. The zero-order chi connectivity index (χ0) is 31.7. The van der Waals surface area contributed by atoms with Crippen LogP contribution < -0.4 is 15.4 Å². The second kappa shape index (κ2) is 12.2. The molecular weight excluding hydrogens is 569 g/mol. The molecule has 4 atom stereocenters. The Kier molecular flexibility index (Phi) is 8.97. The number of anilines is 1. The molecule has 1 aliphatic rings. The van der Waals surface area contributed by atoms with Crippen molar-refractivity contribution in [2.24, 2.45) is 0 Å². The van der Waals surface area contributed by atoms with E-state index in [1.165, 1.54) is 26.4 Å². The van der Waals surface area contributed by atoms with Gasteiger partial charge in [-0.25, -0.2) is 22.9 Å². The maximum Gasteiger partial charge on any atom is 0.407 e. The van der Waals surface area contributed by atoms with Gasteiger partial charge >= 0.3 is 6.09 Å². The number of benzene rings is 1. The Balaban J connectivity index is 1.61. The minimum atomic E-state index is -1.46. The molecule has 1 aromatic carbocycles. The molecule has 0 aliphatic carbocycles. The molecule has 1 aliphatic heterocycles. The van der Waals surface area contributed by atoms with Gasteiger partial charge in [0.15, 0.2) is 11.6 Å². The lowest BCUT2D eigenvalue weighted by molar-refractivity contribution is -0.176. The monoisotopic (exact) mass is 602 g/mol. The summed E-state index contributed by atoms with van der Waals surface area (Å²) < 4.78 is 60.5. The molecular formula is C30H33F3N4O6. The van der Waals surface area contributed by atoms with Crippen LogP contribution in [0.3, 0.4) is 0 Å². The maximum atomic E-state index is 14.9. The molecule has 10 nitrogen and oxygen atoms in total. The topological polar surface area (TPSA) is 132 Å². The van der Waals surface area contributed by atoms with Gasteiger partial charge in [-0.05, 0) is 65.0 Å². The van der Waals surface area contributed by atoms with E-state index in [-0.39, 0.29) is 23.6 Å². The Labute approximate surface area is 246 Å². The summed E-state index contributed by atoms with van der Waals surface area (Å²) in [4.78, 5) is 33.8. The van der Waals surface area contributed by atoms with E-state index in [1.54, 1.807) is 33.8 Å². The molecule has 0 saturated carbocycles. The minimum absolute atomic E-state index is 0.108. The normalized spacial score (nSPS) is 22.0. The van der Waals surface area contributed by atoms with Crippen LogP contribution in [-0.4, -0.2) is 57.5 Å². The second-order valence-electron chi connectivity index (χ2n) is 11.3. The molecule has 1 fully saturated rings. The summed E-state index contributed by atoms with van der Waals surface area (Å²) in [5.41, 5.74) is -3.37. The molecule has 230 valence electrons. The molecule has 3 N–H and O–H groups in total. The lowest BCUT2D eigenvalue weighted by atomic mass is 9.82. The van der Waals surface area contributed by atoms with Gasteiger partial charge < -0.3 is 30.0 Å². The summed E-state index contributed by atoms with van der Waals surface area (Å²) in [5.74, 6) is -4.46. The van der Waals surface area contributed by atoms with Gasteiger partial charge in [-0.15, -0.1) is 0 Å². The third-order valence-corrected chi connectivity index (χ3v) is 7.08. The van der Waals surface area contributed by atoms with Gasteiger partial charge in [-0.2, -0.15) is 0 Å². The fourth-order valence-corrected chi connectivity index (χ4v) is 4.66. The minimum Gasteiger partial charge on any atom is -0.494 e. The third-order valence-electron chi connectivity index (χ3n) is 7.08. The number of nitrogens with one attached hydrogen (secondary N) is 2. The van der Waals surface area contributed by atoms with E-state index in [4.69, 9.17) is 14.2 Å². The van der Waals surface area contributed by atoms with Crippen LogP contribution in [0, 0.1) is 17.5 Å². The average Bonchev–Trinajstić information content (AvgIpc) is 2.91. The second-order valence-corrected chi connectivity index (χ2v) is 11.3. The lowest BCUT2D eigenvalue weighted by Gasteiger charge is -2.45. The number of aliphatic hydroxyl groups is 1. The molecule has 0 bridgehead atoms. The zero-order valence-corrected chi connectivity index (χ0v) is 24.5. The van der Waals surface area contributed by atoms with Crippen molar-refractivity contribution < 1.29 is 42.1 Å². The molecule has 2 amide bonds. The molecule has 2 aromatic heterocycles. The van der Waals surface area contributed by atoms with Crippen LogP contribution in [0.1, 0.15) is 63.2 Å². The maximum absolute atomic E-state index is 14.9. The number of aromatic nitrogens is 2. The molecule has 0 spiro atoms. The number of alkyl carbamates (subject to hydrolysis) is 1. The van der Waals surface area contributed by atoms with E-state index in [0.29, 0.717) is 5.56 Å². The number of nitrogens with zero attached hydrogens (tertiary/aromatic N) is 2. The molecule has 1 saturated heterocycles. The Morgan fingerprint density at radius 2 is 1.81 bits per heavy atom. The van der Waals surface area contributed by atoms with E-state index in [2.05, 4.69) is 20.6 Å². The van der Waals surface area contributed by atoms with E-state index >= 15 is 0 Å². The Bertz CT molecular complexity index is 1530. The highest BCUT2D eigenvalue weighted by Crippen LogP contribution is 2.39. The van der Waals surface area contributed by atoms with Crippen molar-refractivity contribution in [3.63, 3.8) is 0 Å². The molecule has 3 aromatic rings. The Morgan fingerprint density at radius 3 is 2.49 bits per heavy atom. The Morgan fingerprint density at radius 1 is 1.12 bits per heavy atom. The van der Waals surface area contributed by atoms with Gasteiger partial charge in [0.25, 0.3) is 5.91 Å². The fourth-order valence-electron chi connectivity index (χ4n) is 4.66. The summed E-state index contributed by atoms with van der Waals surface area (Å²) in [6.07, 6.45) is 0.760. The molecule has 43 heavy (non-hydrogen) atoms. The largest absolute Gasteiger partial charge is 0.494 e. The van der Waals surface area contributed by atoms with Crippen LogP contribution in [0.15, 0.2) is 42.7 Å². The van der Waals surface area contributed by atoms with E-state index < -0.39 is 70.2 Å². The number of pyridine rings is 2. The number of rotatable bonds is 6. The number of hydrogen-bond acceptors (Lipinski definition) is 8. The van der Waals surface area contributed by atoms with Crippen molar-refractivity contribution >= 4 is 17.7 Å². The van der Waals surface area contributed by atoms with Crippen LogP contribution in [0.2, 0.25) is 0 Å².